The van der Waals surface area contributed by atoms with E-state index < -0.39 is 17.0 Å². The van der Waals surface area contributed by atoms with Gasteiger partial charge < -0.3 is 14.7 Å². The first kappa shape index (κ1) is 19.7. The molecule has 1 aliphatic rings. The zero-order chi connectivity index (χ0) is 20.5. The van der Waals surface area contributed by atoms with Crippen LogP contribution in [0.3, 0.4) is 0 Å². The van der Waals surface area contributed by atoms with Gasteiger partial charge in [0.1, 0.15) is 12.4 Å². The van der Waals surface area contributed by atoms with Gasteiger partial charge in [-0.3, -0.25) is 4.74 Å². The Labute approximate surface area is 164 Å². The molecule has 1 aliphatic heterocycles. The predicted molar refractivity (Wildman–Crippen MR) is 102 cm³/mol. The van der Waals surface area contributed by atoms with Crippen molar-refractivity contribution in [1.82, 2.24) is 5.06 Å². The Bertz CT molecular complexity index is 893. The highest BCUT2D eigenvalue weighted by Crippen LogP contribution is 2.38. The summed E-state index contributed by atoms with van der Waals surface area (Å²) in [5.41, 5.74) is -1.52. The van der Waals surface area contributed by atoms with Crippen molar-refractivity contribution in [2.45, 2.75) is 31.8 Å². The Morgan fingerprint density at radius 2 is 1.68 bits per heavy atom. The fourth-order valence-electron chi connectivity index (χ4n) is 3.12. The second-order valence-electron chi connectivity index (χ2n) is 7.42. The Morgan fingerprint density at radius 1 is 1.07 bits per heavy atom. The molecule has 7 nitrogen and oxygen atoms in total. The molecule has 0 spiro atoms. The summed E-state index contributed by atoms with van der Waals surface area (Å²) in [7, 11) is 1.54. The van der Waals surface area contributed by atoms with E-state index in [1.54, 1.807) is 69.3 Å². The van der Waals surface area contributed by atoms with Crippen LogP contribution in [0, 0.1) is 5.21 Å². The Balaban J connectivity index is 1.86. The molecule has 0 aliphatic carbocycles. The van der Waals surface area contributed by atoms with Gasteiger partial charge in [0.2, 0.25) is 0 Å². The van der Waals surface area contributed by atoms with Crippen molar-refractivity contribution in [2.24, 2.45) is 0 Å². The molecule has 147 valence electrons. The molecule has 2 aromatic carbocycles. The molecule has 0 N–H and O–H groups in total. The fraction of sp³-hybridized carbons (Fsp3) is 0.333. The summed E-state index contributed by atoms with van der Waals surface area (Å²) in [4.78, 5) is 12.4. The number of carbonyl (C=O) groups excluding carboxylic acids is 1. The normalized spacial score (nSPS) is 21.0. The number of methoxy groups -OCH3 is 1. The lowest BCUT2D eigenvalue weighted by Gasteiger charge is -2.35. The van der Waals surface area contributed by atoms with Crippen molar-refractivity contribution < 1.29 is 24.2 Å². The summed E-state index contributed by atoms with van der Waals surface area (Å²) < 4.78 is 11.2. The van der Waals surface area contributed by atoms with E-state index in [-0.39, 0.29) is 12.4 Å². The van der Waals surface area contributed by atoms with Crippen LogP contribution in [0.15, 0.2) is 54.6 Å². The number of ether oxygens (including phenoxy) is 2. The molecule has 3 rings (SSSR count). The summed E-state index contributed by atoms with van der Waals surface area (Å²) in [5, 5.41) is 26.7. The minimum atomic E-state index is -1.26. The number of hydrogen-bond donors (Lipinski definition) is 0. The molecule has 0 bridgehead atoms. The van der Waals surface area contributed by atoms with E-state index in [1.165, 1.54) is 7.11 Å². The number of hydrogen-bond acceptors (Lipinski definition) is 5. The van der Waals surface area contributed by atoms with Crippen molar-refractivity contribution >= 4 is 11.8 Å². The van der Waals surface area contributed by atoms with Gasteiger partial charge in [0.15, 0.2) is 11.1 Å². The topological polar surface area (TPSA) is 84.7 Å². The monoisotopic (exact) mass is 383 g/mol. The van der Waals surface area contributed by atoms with Crippen molar-refractivity contribution in [3.8, 4) is 5.75 Å². The maximum absolute atomic E-state index is 13.1. The fourth-order valence-corrected chi connectivity index (χ4v) is 3.12. The van der Waals surface area contributed by atoms with Crippen molar-refractivity contribution in [2.75, 3.05) is 13.7 Å². The van der Waals surface area contributed by atoms with Crippen molar-refractivity contribution in [1.29, 1.82) is 0 Å². The minimum absolute atomic E-state index is 0.00796. The maximum atomic E-state index is 13.1. The van der Waals surface area contributed by atoms with Crippen molar-refractivity contribution in [3.63, 3.8) is 0 Å². The zero-order valence-corrected chi connectivity index (χ0v) is 16.3. The van der Waals surface area contributed by atoms with Crippen LogP contribution in [0.5, 0.6) is 5.75 Å². The third kappa shape index (κ3) is 3.07. The third-order valence-corrected chi connectivity index (χ3v) is 5.50. The van der Waals surface area contributed by atoms with Crippen LogP contribution in [0.25, 0.3) is 0 Å². The standard InChI is InChI=1S/C21H23N2O5/c1-20(2)21(3,14-28-19(24)16-10-12-17(27-4)13-11-16)23(26)18(22(20)25)15-8-6-5-7-9-15/h5-13H,14H2,1-4H3/t21-/m0/s1. The van der Waals surface area contributed by atoms with Gasteiger partial charge in [-0.15, -0.1) is 0 Å². The van der Waals surface area contributed by atoms with E-state index in [4.69, 9.17) is 9.47 Å². The van der Waals surface area contributed by atoms with Gasteiger partial charge in [-0.25, -0.2) is 4.79 Å². The minimum Gasteiger partial charge on any atom is -0.714 e. The number of esters is 1. The molecule has 1 heterocycles. The van der Waals surface area contributed by atoms with Crippen LogP contribution in [0.2, 0.25) is 0 Å². The highest BCUT2D eigenvalue weighted by molar-refractivity contribution is 5.96. The first-order chi connectivity index (χ1) is 13.2. The summed E-state index contributed by atoms with van der Waals surface area (Å²) in [6.45, 7) is 4.73. The summed E-state index contributed by atoms with van der Waals surface area (Å²) >= 11 is 0. The number of hydroxylamine groups is 3. The van der Waals surface area contributed by atoms with Crippen LogP contribution in [-0.2, 0) is 9.94 Å². The molecule has 0 amide bonds. The molecular formula is C21H23N2O5. The summed E-state index contributed by atoms with van der Waals surface area (Å²) in [6, 6.07) is 15.2. The lowest BCUT2D eigenvalue weighted by atomic mass is 9.83. The van der Waals surface area contributed by atoms with Gasteiger partial charge in [0.05, 0.1) is 18.2 Å². The van der Waals surface area contributed by atoms with E-state index in [1.807, 2.05) is 6.07 Å². The Morgan fingerprint density at radius 3 is 2.25 bits per heavy atom. The highest BCUT2D eigenvalue weighted by Gasteiger charge is 2.63. The SMILES string of the molecule is COc1ccc(C(=O)OC[C@]2(C)[N+]([O-])=C(c3ccccc3)N([O])C2(C)C)cc1. The summed E-state index contributed by atoms with van der Waals surface area (Å²) in [5.74, 6) is 0.0579. The smallest absolute Gasteiger partial charge is 0.338 e. The molecule has 7 heteroatoms. The quantitative estimate of drug-likeness (QED) is 0.450. The first-order valence-electron chi connectivity index (χ1n) is 8.90. The molecule has 1 atom stereocenters. The van der Waals surface area contributed by atoms with E-state index in [0.717, 1.165) is 0 Å². The third-order valence-electron chi connectivity index (χ3n) is 5.50. The number of amidine groups is 1. The van der Waals surface area contributed by atoms with Gasteiger partial charge in [0, 0.05) is 5.21 Å². The van der Waals surface area contributed by atoms with Gasteiger partial charge in [-0.2, -0.15) is 0 Å². The second-order valence-corrected chi connectivity index (χ2v) is 7.42. The molecule has 0 saturated heterocycles. The molecule has 0 aromatic heterocycles. The van der Waals surface area contributed by atoms with E-state index in [0.29, 0.717) is 26.7 Å². The lowest BCUT2D eigenvalue weighted by molar-refractivity contribution is -0.548. The van der Waals surface area contributed by atoms with E-state index in [9.17, 15) is 15.2 Å². The predicted octanol–water partition coefficient (Wildman–Crippen LogP) is 3.01. The first-order valence-corrected chi connectivity index (χ1v) is 8.90. The van der Waals surface area contributed by atoms with Gasteiger partial charge >= 0.3 is 11.8 Å². The molecule has 1 radical (unpaired) electrons. The Kier molecular flexibility index (Phi) is 5.04. The number of nitrogens with zero attached hydrogens (tertiary/aromatic N) is 2. The highest BCUT2D eigenvalue weighted by atomic mass is 16.6. The molecule has 0 fully saturated rings. The average molecular weight is 383 g/mol. The molecule has 28 heavy (non-hydrogen) atoms. The van der Waals surface area contributed by atoms with Crippen molar-refractivity contribution in [3.05, 3.63) is 70.9 Å². The number of benzene rings is 2. The average Bonchev–Trinajstić information content (AvgIpc) is 2.84. The van der Waals surface area contributed by atoms with Gasteiger partial charge in [0.25, 0.3) is 0 Å². The number of rotatable bonds is 5. The van der Waals surface area contributed by atoms with Crippen LogP contribution < -0.4 is 4.74 Å². The number of carbonyl (C=O) groups is 1. The second kappa shape index (κ2) is 7.16. The lowest BCUT2D eigenvalue weighted by Crippen LogP contribution is -2.58. The molecular weight excluding hydrogens is 360 g/mol. The van der Waals surface area contributed by atoms with Crippen LogP contribution in [-0.4, -0.2) is 46.4 Å². The van der Waals surface area contributed by atoms with E-state index in [2.05, 4.69) is 0 Å². The molecule has 0 saturated carbocycles. The Hall–Kier alpha value is -3.06. The van der Waals surface area contributed by atoms with Crippen LogP contribution in [0.4, 0.5) is 0 Å². The zero-order valence-electron chi connectivity index (χ0n) is 16.3. The van der Waals surface area contributed by atoms with Crippen LogP contribution >= 0.6 is 0 Å². The van der Waals surface area contributed by atoms with E-state index >= 15 is 0 Å². The molecule has 2 aromatic rings. The summed E-state index contributed by atoms with van der Waals surface area (Å²) in [6.07, 6.45) is 0. The maximum Gasteiger partial charge on any atom is 0.338 e. The van der Waals surface area contributed by atoms with Crippen LogP contribution in [0.1, 0.15) is 36.7 Å². The van der Waals surface area contributed by atoms with Gasteiger partial charge in [-0.1, -0.05) is 23.3 Å². The largest absolute Gasteiger partial charge is 0.714 e. The molecule has 0 unspecified atom stereocenters. The van der Waals surface area contributed by atoms with Gasteiger partial charge in [-0.05, 0) is 57.2 Å².